The number of halogens is 1. The molecule has 3 heterocycles. The lowest BCUT2D eigenvalue weighted by atomic mass is 10.0. The van der Waals surface area contributed by atoms with Gasteiger partial charge >= 0.3 is 0 Å². The molecule has 1 aliphatic heterocycles. The maximum atomic E-state index is 14.7. The number of imidazole rings is 1. The predicted octanol–water partition coefficient (Wildman–Crippen LogP) is 0.551. The molecule has 2 aromatic carbocycles. The molecule has 0 radical (unpaired) electrons. The molecule has 388 valence electrons. The molecule has 0 spiro atoms. The van der Waals surface area contributed by atoms with Gasteiger partial charge in [0.1, 0.15) is 36.3 Å². The van der Waals surface area contributed by atoms with Gasteiger partial charge in [0.15, 0.2) is 5.96 Å². The van der Waals surface area contributed by atoms with Gasteiger partial charge in [-0.05, 0) is 67.9 Å². The average Bonchev–Trinajstić information content (AvgIpc) is 4.02. The van der Waals surface area contributed by atoms with Crippen molar-refractivity contribution in [1.82, 2.24) is 57.5 Å². The number of nitrogens with two attached hydrogens (primary N) is 2. The summed E-state index contributed by atoms with van der Waals surface area (Å²) in [6.45, 7) is 3.72. The number of rotatable bonds is 16. The van der Waals surface area contributed by atoms with E-state index < -0.39 is 89.9 Å². The highest BCUT2D eigenvalue weighted by atomic mass is 35.5. The minimum Gasteiger partial charge on any atom is -0.370 e. The first kappa shape index (κ1) is 55.4. The summed E-state index contributed by atoms with van der Waals surface area (Å²) in [5.74, 6) is -5.62. The Morgan fingerprint density at radius 1 is 0.778 bits per heavy atom. The molecule has 1 aliphatic rings. The van der Waals surface area contributed by atoms with Gasteiger partial charge in [0.25, 0.3) is 0 Å². The van der Waals surface area contributed by atoms with Crippen LogP contribution in [0.3, 0.4) is 0 Å². The third-order valence-corrected chi connectivity index (χ3v) is 12.2. The maximum absolute atomic E-state index is 14.7. The maximum Gasteiger partial charge on any atom is 0.243 e. The van der Waals surface area contributed by atoms with Gasteiger partial charge in [0.2, 0.25) is 47.3 Å². The van der Waals surface area contributed by atoms with Crippen molar-refractivity contribution >= 4 is 75.7 Å². The van der Waals surface area contributed by atoms with Crippen molar-refractivity contribution in [3.63, 3.8) is 0 Å². The summed E-state index contributed by atoms with van der Waals surface area (Å²) in [6, 6.07) is 6.34. The number of carbonyl (C=O) groups excluding carboxylic acids is 8. The molecule has 0 bridgehead atoms. The quantitative estimate of drug-likeness (QED) is 0.0418. The first-order chi connectivity index (χ1) is 34.6. The smallest absolute Gasteiger partial charge is 0.243 e. The molecule has 0 aliphatic carbocycles. The van der Waals surface area contributed by atoms with Crippen LogP contribution >= 0.6 is 11.6 Å². The molecule has 4 aromatic rings. The molecule has 1 saturated heterocycles. The average molecular weight is 1020 g/mol. The van der Waals surface area contributed by atoms with Crippen molar-refractivity contribution in [3.05, 3.63) is 89.1 Å². The summed E-state index contributed by atoms with van der Waals surface area (Å²) in [4.78, 5) is 126. The van der Waals surface area contributed by atoms with Gasteiger partial charge in [-0.2, -0.15) is 0 Å². The molecule has 72 heavy (non-hydrogen) atoms. The molecule has 1 unspecified atom stereocenters. The highest BCUT2D eigenvalue weighted by Crippen LogP contribution is 2.20. The first-order valence-corrected chi connectivity index (χ1v) is 24.6. The van der Waals surface area contributed by atoms with E-state index in [0.29, 0.717) is 48.4 Å². The Bertz CT molecular complexity index is 2490. The number of aromatic amines is 2. The number of carbonyl (C=O) groups is 8. The SMILES string of the molecule is CCCC[C@H](NC(C)=O)C(=O)N[C@H]1CC(=O)NCCCCCNC(=O)[C@H](Cc2c[nH]c3ccccc23)NC(=O)[C@H](CCCN=C(N)N)NC(=O)[C@@H](Cc2ccc(Cl)cc2)NC(=O)C(Cc2cnc[nH]2)NC1=O. The molecule has 6 atom stereocenters. The zero-order valence-electron chi connectivity index (χ0n) is 40.6. The molecule has 23 heteroatoms. The van der Waals surface area contributed by atoms with Gasteiger partial charge in [-0.15, -0.1) is 0 Å². The van der Waals surface area contributed by atoms with Crippen LogP contribution in [0.4, 0.5) is 0 Å². The third-order valence-electron chi connectivity index (χ3n) is 11.9. The van der Waals surface area contributed by atoms with Crippen LogP contribution in [0.5, 0.6) is 0 Å². The Hall–Kier alpha value is -7.49. The number of hydrogen-bond acceptors (Lipinski definition) is 10. The lowest BCUT2D eigenvalue weighted by Gasteiger charge is -2.27. The molecule has 2 aromatic heterocycles. The van der Waals surface area contributed by atoms with Crippen molar-refractivity contribution in [2.45, 2.75) is 127 Å². The lowest BCUT2D eigenvalue weighted by Crippen LogP contribution is -2.60. The van der Waals surface area contributed by atoms with Gasteiger partial charge in [-0.25, -0.2) is 4.98 Å². The number of benzene rings is 2. The molecule has 8 amide bonds. The van der Waals surface area contributed by atoms with Gasteiger partial charge in [0, 0.05) is 79.8 Å². The van der Waals surface area contributed by atoms with E-state index in [4.69, 9.17) is 23.1 Å². The van der Waals surface area contributed by atoms with Crippen molar-refractivity contribution in [2.24, 2.45) is 16.5 Å². The van der Waals surface area contributed by atoms with Gasteiger partial charge in [-0.1, -0.05) is 61.7 Å². The number of guanidine groups is 1. The second kappa shape index (κ2) is 28.4. The molecular weight excluding hydrogens is 948 g/mol. The number of hydrogen-bond donors (Lipinski definition) is 12. The van der Waals surface area contributed by atoms with Gasteiger partial charge in [0.05, 0.1) is 12.7 Å². The van der Waals surface area contributed by atoms with Crippen LogP contribution in [-0.2, 0) is 57.6 Å². The van der Waals surface area contributed by atoms with E-state index >= 15 is 0 Å². The standard InChI is InChI=1S/C49H67ClN14O8/c1-3-4-12-36(59-29(2)65)44(68)64-41-25-42(66)54-19-8-5-9-20-55-43(67)39(23-31-26-57-35-13-7-6-11-34(31)35)62-45(69)37(14-10-21-56-49(51)52)60-46(70)38(22-30-15-17-32(50)18-16-30)61-47(71)40(63-48(41)72)24-33-27-53-28-58-33/h6-7,11,13,15-18,26-28,36-41,57H,3-5,8-10,12,14,19-25H2,1-2H3,(H,53,58)(H,54,66)(H,55,67)(H,59,65)(H,60,70)(H,61,71)(H,62,69)(H,63,72)(H,64,68)(H4,51,52,56)/t36-,37-,38+,39-,40?,41-/m0/s1. The summed E-state index contributed by atoms with van der Waals surface area (Å²) < 4.78 is 0. The lowest BCUT2D eigenvalue weighted by molar-refractivity contribution is -0.136. The van der Waals surface area contributed by atoms with E-state index in [0.717, 1.165) is 16.5 Å². The number of H-pyrrole nitrogens is 2. The van der Waals surface area contributed by atoms with Crippen LogP contribution in [0.1, 0.15) is 88.5 Å². The summed E-state index contributed by atoms with van der Waals surface area (Å²) >= 11 is 6.21. The minimum atomic E-state index is -1.52. The number of nitrogens with zero attached hydrogens (tertiary/aromatic N) is 2. The Balaban J connectivity index is 1.52. The summed E-state index contributed by atoms with van der Waals surface area (Å²) in [6.07, 6.45) is 7.21. The van der Waals surface area contributed by atoms with Crippen LogP contribution in [0.2, 0.25) is 5.02 Å². The van der Waals surface area contributed by atoms with Crippen molar-refractivity contribution in [2.75, 3.05) is 19.6 Å². The van der Waals surface area contributed by atoms with E-state index in [1.807, 2.05) is 31.2 Å². The minimum absolute atomic E-state index is 0.0109. The highest BCUT2D eigenvalue weighted by Gasteiger charge is 2.35. The fraction of sp³-hybridized carbons (Fsp3) is 0.469. The van der Waals surface area contributed by atoms with Gasteiger partial charge in [-0.3, -0.25) is 43.3 Å². The Kier molecular flexibility index (Phi) is 21.9. The second-order valence-corrected chi connectivity index (χ2v) is 18.2. The molecule has 1 fully saturated rings. The van der Waals surface area contributed by atoms with E-state index in [-0.39, 0.29) is 64.1 Å². The molecular formula is C49H67ClN14O8. The highest BCUT2D eigenvalue weighted by molar-refractivity contribution is 6.30. The van der Waals surface area contributed by atoms with Gasteiger partial charge < -0.3 is 64.0 Å². The zero-order chi connectivity index (χ0) is 52.0. The monoisotopic (exact) mass is 1010 g/mol. The molecule has 5 rings (SSSR count). The Morgan fingerprint density at radius 3 is 2.11 bits per heavy atom. The summed E-state index contributed by atoms with van der Waals surface area (Å²) in [7, 11) is 0. The Morgan fingerprint density at radius 2 is 1.43 bits per heavy atom. The second-order valence-electron chi connectivity index (χ2n) is 17.7. The van der Waals surface area contributed by atoms with Crippen LogP contribution in [0.25, 0.3) is 10.9 Å². The van der Waals surface area contributed by atoms with E-state index in [1.54, 1.807) is 30.5 Å². The molecule has 14 N–H and O–H groups in total. The summed E-state index contributed by atoms with van der Waals surface area (Å²) in [5, 5.41) is 23.3. The Labute approximate surface area is 422 Å². The largest absolute Gasteiger partial charge is 0.370 e. The molecule has 22 nitrogen and oxygen atoms in total. The number of aliphatic imine (C=N–C) groups is 1. The molecule has 0 saturated carbocycles. The van der Waals surface area contributed by atoms with Crippen LogP contribution in [0.15, 0.2) is 72.2 Å². The number of amides is 8. The van der Waals surface area contributed by atoms with Crippen molar-refractivity contribution in [3.8, 4) is 0 Å². The number of para-hydroxylation sites is 1. The normalized spacial score (nSPS) is 20.6. The zero-order valence-corrected chi connectivity index (χ0v) is 41.4. The number of nitrogens with one attached hydrogen (secondary N) is 10. The van der Waals surface area contributed by atoms with Crippen LogP contribution in [-0.4, -0.2) is 124 Å². The fourth-order valence-corrected chi connectivity index (χ4v) is 8.26. The predicted molar refractivity (Wildman–Crippen MR) is 271 cm³/mol. The fourth-order valence-electron chi connectivity index (χ4n) is 8.13. The number of aromatic nitrogens is 3. The van der Waals surface area contributed by atoms with E-state index in [1.165, 1.54) is 19.4 Å². The van der Waals surface area contributed by atoms with Crippen molar-refractivity contribution in [1.29, 1.82) is 0 Å². The van der Waals surface area contributed by atoms with Crippen molar-refractivity contribution < 1.29 is 38.4 Å². The van der Waals surface area contributed by atoms with Crippen LogP contribution < -0.4 is 54.0 Å². The topological polar surface area (TPSA) is 342 Å². The van der Waals surface area contributed by atoms with Crippen LogP contribution in [0, 0.1) is 0 Å². The third kappa shape index (κ3) is 18.0. The van der Waals surface area contributed by atoms with E-state index in [2.05, 4.69) is 62.5 Å². The number of fused-ring (bicyclic) bond motifs is 1. The van der Waals surface area contributed by atoms with E-state index in [9.17, 15) is 38.4 Å². The number of unbranched alkanes of at least 4 members (excludes halogenated alkanes) is 1. The summed E-state index contributed by atoms with van der Waals surface area (Å²) in [5.41, 5.74) is 13.8. The first-order valence-electron chi connectivity index (χ1n) is 24.3.